The van der Waals surface area contributed by atoms with Gasteiger partial charge in [-0.2, -0.15) is 0 Å². The zero-order chi connectivity index (χ0) is 10.6. The van der Waals surface area contributed by atoms with Crippen LogP contribution in [-0.2, 0) is 9.59 Å². The molecule has 0 spiro atoms. The highest BCUT2D eigenvalue weighted by atomic mass is 16.4. The van der Waals surface area contributed by atoms with Gasteiger partial charge in [-0.25, -0.2) is 0 Å². The second-order valence-corrected chi connectivity index (χ2v) is 3.59. The first-order valence-electron chi connectivity index (χ1n) is 4.85. The molecule has 0 aromatic rings. The lowest BCUT2D eigenvalue weighted by Crippen LogP contribution is -2.44. The summed E-state index contributed by atoms with van der Waals surface area (Å²) in [4.78, 5) is 22.0. The summed E-state index contributed by atoms with van der Waals surface area (Å²) in [6.45, 7) is 3.14. The minimum absolute atomic E-state index is 0.0296. The third-order valence-corrected chi connectivity index (χ3v) is 2.44. The average Bonchev–Trinajstić information content (AvgIpc) is 2.19. The molecule has 1 amide bonds. The van der Waals surface area contributed by atoms with Crippen molar-refractivity contribution in [2.45, 2.75) is 25.8 Å². The number of rotatable bonds is 3. The fraction of sp³-hybridized carbons (Fsp3) is 0.778. The number of carboxylic acid groups (broad SMARTS) is 1. The lowest BCUT2D eigenvalue weighted by Gasteiger charge is -2.22. The standard InChI is InChI=1S/C9H16N2O3/c1-6(9(13)14)11-8(12)7-2-4-10-5-3-7/h6-7,10H,2-5H2,1H3,(H,11,12)(H,13,14)/t6-/m0/s1. The molecular weight excluding hydrogens is 184 g/mol. The fourth-order valence-corrected chi connectivity index (χ4v) is 1.48. The summed E-state index contributed by atoms with van der Waals surface area (Å²) in [5.41, 5.74) is 0. The van der Waals surface area contributed by atoms with Crippen molar-refractivity contribution < 1.29 is 14.7 Å². The molecule has 1 aliphatic rings. The zero-order valence-corrected chi connectivity index (χ0v) is 8.25. The Balaban J connectivity index is 2.36. The summed E-state index contributed by atoms with van der Waals surface area (Å²) in [7, 11) is 0. The van der Waals surface area contributed by atoms with Gasteiger partial charge in [0.05, 0.1) is 0 Å². The van der Waals surface area contributed by atoms with Crippen LogP contribution in [-0.4, -0.2) is 36.1 Å². The van der Waals surface area contributed by atoms with Gasteiger partial charge in [-0.05, 0) is 32.9 Å². The molecule has 1 heterocycles. The molecule has 3 N–H and O–H groups in total. The van der Waals surface area contributed by atoms with Crippen LogP contribution < -0.4 is 10.6 Å². The van der Waals surface area contributed by atoms with Gasteiger partial charge < -0.3 is 15.7 Å². The minimum atomic E-state index is -0.993. The van der Waals surface area contributed by atoms with Crippen molar-refractivity contribution in [3.63, 3.8) is 0 Å². The lowest BCUT2D eigenvalue weighted by molar-refractivity contribution is -0.142. The summed E-state index contributed by atoms with van der Waals surface area (Å²) < 4.78 is 0. The van der Waals surface area contributed by atoms with E-state index in [1.54, 1.807) is 0 Å². The highest BCUT2D eigenvalue weighted by Crippen LogP contribution is 2.11. The molecule has 0 bridgehead atoms. The van der Waals surface area contributed by atoms with Crippen LogP contribution in [0.4, 0.5) is 0 Å². The number of carbonyl (C=O) groups is 2. The summed E-state index contributed by atoms with van der Waals surface area (Å²) in [6, 6.07) is -0.794. The van der Waals surface area contributed by atoms with Crippen LogP contribution in [0, 0.1) is 5.92 Å². The second kappa shape index (κ2) is 4.95. The summed E-state index contributed by atoms with van der Waals surface area (Å²) in [6.07, 6.45) is 1.58. The van der Waals surface area contributed by atoms with Crippen LogP contribution in [0.5, 0.6) is 0 Å². The van der Waals surface area contributed by atoms with Crippen LogP contribution in [0.2, 0.25) is 0 Å². The molecule has 0 aromatic heterocycles. The SMILES string of the molecule is C[C@H](NC(=O)C1CCNCC1)C(=O)O. The van der Waals surface area contributed by atoms with Crippen molar-refractivity contribution in [3.05, 3.63) is 0 Å². The van der Waals surface area contributed by atoms with Gasteiger partial charge in [-0.1, -0.05) is 0 Å². The molecule has 80 valence electrons. The molecule has 1 fully saturated rings. The topological polar surface area (TPSA) is 78.4 Å². The molecule has 1 aliphatic heterocycles. The second-order valence-electron chi connectivity index (χ2n) is 3.59. The maximum absolute atomic E-state index is 11.5. The molecular formula is C9H16N2O3. The Morgan fingerprint density at radius 2 is 2.00 bits per heavy atom. The number of amides is 1. The Bertz CT molecular complexity index is 224. The molecule has 1 saturated heterocycles. The van der Waals surface area contributed by atoms with Gasteiger partial charge in [-0.15, -0.1) is 0 Å². The normalized spacial score (nSPS) is 20.1. The third-order valence-electron chi connectivity index (χ3n) is 2.44. The number of aliphatic carboxylic acids is 1. The van der Waals surface area contributed by atoms with Crippen molar-refractivity contribution in [2.24, 2.45) is 5.92 Å². The van der Waals surface area contributed by atoms with E-state index in [9.17, 15) is 9.59 Å². The van der Waals surface area contributed by atoms with Crippen LogP contribution in [0.25, 0.3) is 0 Å². The number of hydrogen-bond acceptors (Lipinski definition) is 3. The first kappa shape index (κ1) is 11.0. The van der Waals surface area contributed by atoms with E-state index >= 15 is 0 Å². The minimum Gasteiger partial charge on any atom is -0.480 e. The van der Waals surface area contributed by atoms with Crippen LogP contribution in [0.15, 0.2) is 0 Å². The molecule has 5 nitrogen and oxygen atoms in total. The van der Waals surface area contributed by atoms with Crippen molar-refractivity contribution >= 4 is 11.9 Å². The van der Waals surface area contributed by atoms with E-state index in [0.29, 0.717) is 0 Å². The lowest BCUT2D eigenvalue weighted by atomic mass is 9.97. The predicted octanol–water partition coefficient (Wildman–Crippen LogP) is -0.425. The zero-order valence-electron chi connectivity index (χ0n) is 8.25. The molecule has 0 radical (unpaired) electrons. The molecule has 5 heteroatoms. The van der Waals surface area contributed by atoms with Gasteiger partial charge in [0.1, 0.15) is 6.04 Å². The Labute approximate surface area is 82.9 Å². The molecule has 0 unspecified atom stereocenters. The highest BCUT2D eigenvalue weighted by Gasteiger charge is 2.23. The Morgan fingerprint density at radius 1 is 1.43 bits per heavy atom. The van der Waals surface area contributed by atoms with E-state index in [2.05, 4.69) is 10.6 Å². The van der Waals surface area contributed by atoms with Gasteiger partial charge in [0.2, 0.25) is 5.91 Å². The van der Waals surface area contributed by atoms with Crippen molar-refractivity contribution in [3.8, 4) is 0 Å². The largest absolute Gasteiger partial charge is 0.480 e. The van der Waals surface area contributed by atoms with E-state index < -0.39 is 12.0 Å². The first-order chi connectivity index (χ1) is 6.61. The Kier molecular flexibility index (Phi) is 3.88. The molecule has 14 heavy (non-hydrogen) atoms. The van der Waals surface area contributed by atoms with E-state index in [1.807, 2.05) is 0 Å². The van der Waals surface area contributed by atoms with Gasteiger partial charge in [-0.3, -0.25) is 9.59 Å². The summed E-state index contributed by atoms with van der Waals surface area (Å²) >= 11 is 0. The number of carbonyl (C=O) groups excluding carboxylic acids is 1. The van der Waals surface area contributed by atoms with E-state index in [-0.39, 0.29) is 11.8 Å². The highest BCUT2D eigenvalue weighted by molar-refractivity contribution is 5.84. The molecule has 0 aromatic carbocycles. The maximum atomic E-state index is 11.5. The number of carboxylic acids is 1. The van der Waals surface area contributed by atoms with E-state index in [1.165, 1.54) is 6.92 Å². The third kappa shape index (κ3) is 2.99. The summed E-state index contributed by atoms with van der Waals surface area (Å²) in [5, 5.41) is 14.2. The van der Waals surface area contributed by atoms with Crippen LogP contribution in [0.3, 0.4) is 0 Å². The quantitative estimate of drug-likeness (QED) is 0.578. The van der Waals surface area contributed by atoms with Crippen LogP contribution in [0.1, 0.15) is 19.8 Å². The smallest absolute Gasteiger partial charge is 0.325 e. The number of hydrogen-bond donors (Lipinski definition) is 3. The van der Waals surface area contributed by atoms with Crippen LogP contribution >= 0.6 is 0 Å². The molecule has 1 rings (SSSR count). The number of piperidine rings is 1. The molecule has 0 saturated carbocycles. The van der Waals surface area contributed by atoms with Gasteiger partial charge in [0.15, 0.2) is 0 Å². The van der Waals surface area contributed by atoms with Crippen molar-refractivity contribution in [1.82, 2.24) is 10.6 Å². The average molecular weight is 200 g/mol. The fourth-order valence-electron chi connectivity index (χ4n) is 1.48. The first-order valence-corrected chi connectivity index (χ1v) is 4.85. The number of nitrogens with one attached hydrogen (secondary N) is 2. The molecule has 0 aliphatic carbocycles. The van der Waals surface area contributed by atoms with E-state index in [0.717, 1.165) is 25.9 Å². The van der Waals surface area contributed by atoms with Gasteiger partial charge in [0.25, 0.3) is 0 Å². The van der Waals surface area contributed by atoms with Gasteiger partial charge >= 0.3 is 5.97 Å². The Hall–Kier alpha value is -1.10. The molecule has 1 atom stereocenters. The predicted molar refractivity (Wildman–Crippen MR) is 50.8 cm³/mol. The monoisotopic (exact) mass is 200 g/mol. The Morgan fingerprint density at radius 3 is 2.50 bits per heavy atom. The van der Waals surface area contributed by atoms with Crippen molar-refractivity contribution in [1.29, 1.82) is 0 Å². The maximum Gasteiger partial charge on any atom is 0.325 e. The van der Waals surface area contributed by atoms with Gasteiger partial charge in [0, 0.05) is 5.92 Å². The van der Waals surface area contributed by atoms with E-state index in [4.69, 9.17) is 5.11 Å². The van der Waals surface area contributed by atoms with Crippen molar-refractivity contribution in [2.75, 3.05) is 13.1 Å². The summed E-state index contributed by atoms with van der Waals surface area (Å²) in [5.74, 6) is -1.16.